The van der Waals surface area contributed by atoms with Crippen LogP contribution >= 0.6 is 0 Å². The van der Waals surface area contributed by atoms with Gasteiger partial charge in [-0.05, 0) is 26.8 Å². The molecule has 17 heavy (non-hydrogen) atoms. The number of allylic oxidation sites excluding steroid dienone is 1. The average Bonchev–Trinajstić information content (AvgIpc) is 2.29. The summed E-state index contributed by atoms with van der Waals surface area (Å²) in [4.78, 5) is 0. The van der Waals surface area contributed by atoms with Crippen molar-refractivity contribution in [1.82, 2.24) is 5.32 Å². The minimum Gasteiger partial charge on any atom is -0.504 e. The lowest BCUT2D eigenvalue weighted by molar-refractivity contribution is 0.316. The molecule has 0 aliphatic heterocycles. The third-order valence-corrected chi connectivity index (χ3v) is 2.35. The summed E-state index contributed by atoms with van der Waals surface area (Å²) in [6, 6.07) is 5.56. The molecule has 2 N–H and O–H groups in total. The van der Waals surface area contributed by atoms with E-state index in [1.807, 2.05) is 19.1 Å². The molecule has 0 spiro atoms. The first kappa shape index (κ1) is 13.6. The average molecular weight is 235 g/mol. The monoisotopic (exact) mass is 235 g/mol. The van der Waals surface area contributed by atoms with Gasteiger partial charge >= 0.3 is 0 Å². The van der Waals surface area contributed by atoms with E-state index in [4.69, 9.17) is 4.74 Å². The first-order valence-electron chi connectivity index (χ1n) is 5.93. The fourth-order valence-electron chi connectivity index (χ4n) is 1.47. The number of ether oxygens (including phenoxy) is 1. The van der Waals surface area contributed by atoms with E-state index in [1.54, 1.807) is 6.07 Å². The maximum Gasteiger partial charge on any atom is 0.162 e. The van der Waals surface area contributed by atoms with Crippen LogP contribution in [-0.4, -0.2) is 18.3 Å². The molecular weight excluding hydrogens is 214 g/mol. The molecule has 0 saturated carbocycles. The van der Waals surface area contributed by atoms with Crippen molar-refractivity contribution in [2.75, 3.05) is 13.2 Å². The number of hydrogen-bond acceptors (Lipinski definition) is 3. The van der Waals surface area contributed by atoms with Crippen LogP contribution in [-0.2, 0) is 6.54 Å². The largest absolute Gasteiger partial charge is 0.504 e. The maximum absolute atomic E-state index is 9.95. The van der Waals surface area contributed by atoms with Crippen LogP contribution < -0.4 is 10.1 Å². The molecule has 0 saturated heterocycles. The van der Waals surface area contributed by atoms with E-state index in [9.17, 15) is 5.11 Å². The molecule has 0 bridgehead atoms. The van der Waals surface area contributed by atoms with Crippen molar-refractivity contribution >= 4 is 0 Å². The minimum absolute atomic E-state index is 0.235. The highest BCUT2D eigenvalue weighted by Crippen LogP contribution is 2.29. The van der Waals surface area contributed by atoms with Crippen LogP contribution in [0.1, 0.15) is 26.3 Å². The molecule has 3 nitrogen and oxygen atoms in total. The third kappa shape index (κ3) is 4.49. The summed E-state index contributed by atoms with van der Waals surface area (Å²) in [5, 5.41) is 13.2. The third-order valence-electron chi connectivity index (χ3n) is 2.35. The van der Waals surface area contributed by atoms with Crippen molar-refractivity contribution < 1.29 is 9.84 Å². The Morgan fingerprint density at radius 3 is 2.82 bits per heavy atom. The molecular formula is C14H21NO2. The van der Waals surface area contributed by atoms with Gasteiger partial charge in [0.25, 0.3) is 0 Å². The van der Waals surface area contributed by atoms with Gasteiger partial charge in [-0.2, -0.15) is 0 Å². The van der Waals surface area contributed by atoms with Gasteiger partial charge in [0.15, 0.2) is 11.5 Å². The highest BCUT2D eigenvalue weighted by atomic mass is 16.5. The number of para-hydroxylation sites is 1. The summed E-state index contributed by atoms with van der Waals surface area (Å²) in [6.45, 7) is 8.03. The maximum atomic E-state index is 9.95. The summed E-state index contributed by atoms with van der Waals surface area (Å²) in [6.07, 6.45) is 2.11. The van der Waals surface area contributed by atoms with Crippen LogP contribution in [0, 0.1) is 0 Å². The van der Waals surface area contributed by atoms with Gasteiger partial charge in [0.05, 0.1) is 6.61 Å². The van der Waals surface area contributed by atoms with Crippen molar-refractivity contribution in [1.29, 1.82) is 0 Å². The second kappa shape index (κ2) is 6.97. The van der Waals surface area contributed by atoms with Crippen molar-refractivity contribution in [3.8, 4) is 11.5 Å². The van der Waals surface area contributed by atoms with Gasteiger partial charge in [-0.1, -0.05) is 23.8 Å². The molecule has 94 valence electrons. The van der Waals surface area contributed by atoms with E-state index in [-0.39, 0.29) is 5.75 Å². The van der Waals surface area contributed by atoms with Gasteiger partial charge in [-0.25, -0.2) is 0 Å². The lowest BCUT2D eigenvalue weighted by atomic mass is 10.2. The summed E-state index contributed by atoms with van der Waals surface area (Å²) < 4.78 is 5.33. The van der Waals surface area contributed by atoms with Gasteiger partial charge in [-0.15, -0.1) is 0 Å². The second-order valence-electron chi connectivity index (χ2n) is 4.11. The fourth-order valence-corrected chi connectivity index (χ4v) is 1.47. The number of rotatable bonds is 6. The van der Waals surface area contributed by atoms with Crippen molar-refractivity contribution in [3.63, 3.8) is 0 Å². The lowest BCUT2D eigenvalue weighted by Crippen LogP contribution is -2.13. The summed E-state index contributed by atoms with van der Waals surface area (Å²) in [5.74, 6) is 0.785. The van der Waals surface area contributed by atoms with Crippen LogP contribution in [0.4, 0.5) is 0 Å². The Morgan fingerprint density at radius 2 is 2.18 bits per heavy atom. The molecule has 0 aromatic heterocycles. The Bertz CT molecular complexity index is 382. The molecule has 0 heterocycles. The summed E-state index contributed by atoms with van der Waals surface area (Å²) >= 11 is 0. The van der Waals surface area contributed by atoms with E-state index in [0.717, 1.165) is 12.1 Å². The molecule has 0 aliphatic carbocycles. The predicted octanol–water partition coefficient (Wildman–Crippen LogP) is 2.85. The van der Waals surface area contributed by atoms with Crippen LogP contribution in [0.5, 0.6) is 11.5 Å². The van der Waals surface area contributed by atoms with Crippen LogP contribution in [0.25, 0.3) is 0 Å². The van der Waals surface area contributed by atoms with Gasteiger partial charge in [0.2, 0.25) is 0 Å². The molecule has 0 amide bonds. The van der Waals surface area contributed by atoms with Crippen molar-refractivity contribution in [3.05, 3.63) is 35.4 Å². The Labute approximate surface area is 103 Å². The van der Waals surface area contributed by atoms with E-state index >= 15 is 0 Å². The Kier molecular flexibility index (Phi) is 5.57. The van der Waals surface area contributed by atoms with E-state index < -0.39 is 0 Å². The topological polar surface area (TPSA) is 41.5 Å². The quantitative estimate of drug-likeness (QED) is 0.588. The normalized spacial score (nSPS) is 10.1. The second-order valence-corrected chi connectivity index (χ2v) is 4.11. The minimum atomic E-state index is 0.235. The zero-order valence-electron chi connectivity index (χ0n) is 10.8. The molecule has 0 aliphatic rings. The standard InChI is InChI=1S/C14H21NO2/c1-4-17-13-7-5-6-12(14(13)16)10-15-9-8-11(2)3/h5-8,15-16H,4,9-10H2,1-3H3. The molecule has 0 radical (unpaired) electrons. The van der Waals surface area contributed by atoms with E-state index in [1.165, 1.54) is 5.57 Å². The molecule has 1 aromatic rings. The Morgan fingerprint density at radius 1 is 1.41 bits per heavy atom. The van der Waals surface area contributed by atoms with E-state index in [0.29, 0.717) is 18.9 Å². The Hall–Kier alpha value is -1.48. The molecule has 0 fully saturated rings. The number of phenolic OH excluding ortho intramolecular Hbond substituents is 1. The van der Waals surface area contributed by atoms with Gasteiger partial charge in [0.1, 0.15) is 0 Å². The van der Waals surface area contributed by atoms with Crippen LogP contribution in [0.15, 0.2) is 29.8 Å². The fraction of sp³-hybridized carbons (Fsp3) is 0.429. The SMILES string of the molecule is CCOc1cccc(CNCC=C(C)C)c1O. The highest BCUT2D eigenvalue weighted by molar-refractivity contribution is 5.45. The van der Waals surface area contributed by atoms with Crippen LogP contribution in [0.3, 0.4) is 0 Å². The molecule has 3 heteroatoms. The summed E-state index contributed by atoms with van der Waals surface area (Å²) in [7, 11) is 0. The van der Waals surface area contributed by atoms with Crippen LogP contribution in [0.2, 0.25) is 0 Å². The predicted molar refractivity (Wildman–Crippen MR) is 70.4 cm³/mol. The zero-order valence-corrected chi connectivity index (χ0v) is 10.8. The molecule has 1 rings (SSSR count). The van der Waals surface area contributed by atoms with Gasteiger partial charge < -0.3 is 15.2 Å². The molecule has 1 aromatic carbocycles. The molecule has 0 unspecified atom stereocenters. The number of aromatic hydroxyl groups is 1. The molecule has 0 atom stereocenters. The number of benzene rings is 1. The number of nitrogens with one attached hydrogen (secondary N) is 1. The van der Waals surface area contributed by atoms with Gasteiger partial charge in [-0.3, -0.25) is 0 Å². The highest BCUT2D eigenvalue weighted by Gasteiger charge is 2.06. The number of hydrogen-bond donors (Lipinski definition) is 2. The van der Waals surface area contributed by atoms with E-state index in [2.05, 4.69) is 25.2 Å². The number of phenols is 1. The Balaban J connectivity index is 2.59. The smallest absolute Gasteiger partial charge is 0.162 e. The van der Waals surface area contributed by atoms with Crippen molar-refractivity contribution in [2.45, 2.75) is 27.3 Å². The lowest BCUT2D eigenvalue weighted by Gasteiger charge is -2.10. The summed E-state index contributed by atoms with van der Waals surface area (Å²) in [5.41, 5.74) is 2.14. The first-order chi connectivity index (χ1) is 8.15. The first-order valence-corrected chi connectivity index (χ1v) is 5.93. The zero-order chi connectivity index (χ0) is 12.7. The van der Waals surface area contributed by atoms with Gasteiger partial charge in [0, 0.05) is 18.7 Å². The van der Waals surface area contributed by atoms with Crippen molar-refractivity contribution in [2.24, 2.45) is 0 Å².